The predicted molar refractivity (Wildman–Crippen MR) is 82.8 cm³/mol. The van der Waals surface area contributed by atoms with Crippen LogP contribution < -0.4 is 5.32 Å². The van der Waals surface area contributed by atoms with Crippen molar-refractivity contribution in [3.05, 3.63) is 45.7 Å². The minimum absolute atomic E-state index is 0.357. The van der Waals surface area contributed by atoms with Gasteiger partial charge in [-0.2, -0.15) is 5.10 Å². The van der Waals surface area contributed by atoms with Crippen molar-refractivity contribution >= 4 is 15.9 Å². The molecule has 1 atom stereocenters. The Kier molecular flexibility index (Phi) is 4.42. The second kappa shape index (κ2) is 5.88. The second-order valence-electron chi connectivity index (χ2n) is 4.83. The van der Waals surface area contributed by atoms with Gasteiger partial charge in [-0.1, -0.05) is 13.0 Å². The first kappa shape index (κ1) is 14.3. The van der Waals surface area contributed by atoms with Gasteiger partial charge in [-0.05, 0) is 67.0 Å². The summed E-state index contributed by atoms with van der Waals surface area (Å²) in [5.74, 6) is 0. The molecule has 0 saturated heterocycles. The quantitative estimate of drug-likeness (QED) is 0.924. The molecule has 0 aliphatic carbocycles. The van der Waals surface area contributed by atoms with Crippen LogP contribution >= 0.6 is 15.9 Å². The molecule has 1 unspecified atom stereocenters. The number of hydrogen-bond donors (Lipinski definition) is 1. The summed E-state index contributed by atoms with van der Waals surface area (Å²) in [7, 11) is 0. The van der Waals surface area contributed by atoms with Crippen molar-refractivity contribution in [2.45, 2.75) is 33.7 Å². The zero-order valence-corrected chi connectivity index (χ0v) is 13.5. The monoisotopic (exact) mass is 321 g/mol. The normalized spacial score (nSPS) is 12.7. The Morgan fingerprint density at radius 2 is 2.05 bits per heavy atom. The zero-order valence-electron chi connectivity index (χ0n) is 11.9. The molecular weight excluding hydrogens is 302 g/mol. The van der Waals surface area contributed by atoms with Gasteiger partial charge < -0.3 is 5.32 Å². The highest BCUT2D eigenvalue weighted by Crippen LogP contribution is 2.26. The van der Waals surface area contributed by atoms with Gasteiger partial charge in [0.25, 0.3) is 0 Å². The maximum Gasteiger partial charge on any atom is 0.0790 e. The van der Waals surface area contributed by atoms with Crippen molar-refractivity contribution in [2.24, 2.45) is 0 Å². The summed E-state index contributed by atoms with van der Waals surface area (Å²) in [4.78, 5) is 0. The molecule has 1 aromatic carbocycles. The first-order valence-corrected chi connectivity index (χ1v) is 7.38. The van der Waals surface area contributed by atoms with E-state index in [1.54, 1.807) is 0 Å². The van der Waals surface area contributed by atoms with Crippen LogP contribution in [0, 0.1) is 13.8 Å². The van der Waals surface area contributed by atoms with Crippen molar-refractivity contribution < 1.29 is 0 Å². The highest BCUT2D eigenvalue weighted by Gasteiger charge is 2.10. The Morgan fingerprint density at radius 1 is 1.32 bits per heavy atom. The molecular formula is C15H20BrN3. The molecule has 0 amide bonds. The molecule has 2 aromatic rings. The van der Waals surface area contributed by atoms with Crippen molar-refractivity contribution in [3.63, 3.8) is 0 Å². The van der Waals surface area contributed by atoms with Gasteiger partial charge in [0.2, 0.25) is 0 Å². The van der Waals surface area contributed by atoms with E-state index in [2.05, 4.69) is 71.4 Å². The van der Waals surface area contributed by atoms with Crippen LogP contribution in [0.5, 0.6) is 0 Å². The standard InChI is InChI=1S/C15H20BrN3/c1-5-17-12(4)13-6-7-15(14(16)9-13)19-11(3)8-10(2)18-19/h6-9,12,17H,5H2,1-4H3. The predicted octanol–water partition coefficient (Wildman–Crippen LogP) is 3.92. The summed E-state index contributed by atoms with van der Waals surface area (Å²) >= 11 is 3.66. The van der Waals surface area contributed by atoms with E-state index in [9.17, 15) is 0 Å². The number of nitrogens with one attached hydrogen (secondary N) is 1. The summed E-state index contributed by atoms with van der Waals surface area (Å²) in [5, 5.41) is 7.94. The van der Waals surface area contributed by atoms with Crippen LogP contribution in [0.3, 0.4) is 0 Å². The second-order valence-corrected chi connectivity index (χ2v) is 5.68. The fourth-order valence-electron chi connectivity index (χ4n) is 2.26. The maximum atomic E-state index is 4.52. The third-order valence-corrected chi connectivity index (χ3v) is 3.85. The van der Waals surface area contributed by atoms with Crippen LogP contribution in [0.2, 0.25) is 0 Å². The van der Waals surface area contributed by atoms with Crippen molar-refractivity contribution in [1.29, 1.82) is 0 Å². The van der Waals surface area contributed by atoms with Crippen LogP contribution in [0.4, 0.5) is 0 Å². The lowest BCUT2D eigenvalue weighted by Gasteiger charge is -2.15. The van der Waals surface area contributed by atoms with Gasteiger partial charge in [-0.15, -0.1) is 0 Å². The van der Waals surface area contributed by atoms with Crippen molar-refractivity contribution in [3.8, 4) is 5.69 Å². The Bertz CT molecular complexity index is 575. The number of aromatic nitrogens is 2. The van der Waals surface area contributed by atoms with Crippen molar-refractivity contribution in [1.82, 2.24) is 15.1 Å². The molecule has 3 nitrogen and oxygen atoms in total. The van der Waals surface area contributed by atoms with E-state index in [-0.39, 0.29) is 0 Å². The molecule has 0 fully saturated rings. The van der Waals surface area contributed by atoms with Gasteiger partial charge in [-0.3, -0.25) is 0 Å². The average Bonchev–Trinajstić information content (AvgIpc) is 2.68. The minimum atomic E-state index is 0.357. The van der Waals surface area contributed by atoms with E-state index in [0.29, 0.717) is 6.04 Å². The van der Waals surface area contributed by atoms with Gasteiger partial charge in [0.05, 0.1) is 11.4 Å². The van der Waals surface area contributed by atoms with Gasteiger partial charge in [0.1, 0.15) is 0 Å². The molecule has 102 valence electrons. The summed E-state index contributed by atoms with van der Waals surface area (Å²) < 4.78 is 3.04. The molecule has 0 saturated carbocycles. The van der Waals surface area contributed by atoms with Gasteiger partial charge in [0.15, 0.2) is 0 Å². The SMILES string of the molecule is CCNC(C)c1ccc(-n2nc(C)cc2C)c(Br)c1. The third-order valence-electron chi connectivity index (χ3n) is 3.22. The minimum Gasteiger partial charge on any atom is -0.310 e. The van der Waals surface area contributed by atoms with E-state index < -0.39 is 0 Å². The fraction of sp³-hybridized carbons (Fsp3) is 0.400. The molecule has 19 heavy (non-hydrogen) atoms. The molecule has 0 aliphatic heterocycles. The molecule has 1 N–H and O–H groups in total. The molecule has 0 bridgehead atoms. The van der Waals surface area contributed by atoms with Crippen LogP contribution in [0.15, 0.2) is 28.7 Å². The van der Waals surface area contributed by atoms with Gasteiger partial charge >= 0.3 is 0 Å². The molecule has 0 aliphatic rings. The zero-order chi connectivity index (χ0) is 14.0. The highest BCUT2D eigenvalue weighted by atomic mass is 79.9. The molecule has 2 rings (SSSR count). The van der Waals surface area contributed by atoms with Gasteiger partial charge in [0, 0.05) is 16.2 Å². The first-order valence-electron chi connectivity index (χ1n) is 6.59. The summed E-state index contributed by atoms with van der Waals surface area (Å²) in [6.07, 6.45) is 0. The van der Waals surface area contributed by atoms with E-state index in [0.717, 1.165) is 28.1 Å². The van der Waals surface area contributed by atoms with E-state index in [1.165, 1.54) is 5.56 Å². The molecule has 0 radical (unpaired) electrons. The third kappa shape index (κ3) is 3.07. The molecule has 1 heterocycles. The molecule has 1 aromatic heterocycles. The Labute approximate surface area is 123 Å². The molecule has 0 spiro atoms. The highest BCUT2D eigenvalue weighted by molar-refractivity contribution is 9.10. The molecule has 4 heteroatoms. The number of aryl methyl sites for hydroxylation is 2. The lowest BCUT2D eigenvalue weighted by atomic mass is 10.1. The van der Waals surface area contributed by atoms with Crippen LogP contribution in [-0.4, -0.2) is 16.3 Å². The largest absolute Gasteiger partial charge is 0.310 e. The average molecular weight is 322 g/mol. The Morgan fingerprint density at radius 3 is 2.58 bits per heavy atom. The van der Waals surface area contributed by atoms with E-state index >= 15 is 0 Å². The van der Waals surface area contributed by atoms with E-state index in [4.69, 9.17) is 0 Å². The Hall–Kier alpha value is -1.13. The summed E-state index contributed by atoms with van der Waals surface area (Å²) in [6.45, 7) is 9.35. The number of rotatable bonds is 4. The van der Waals surface area contributed by atoms with Crippen molar-refractivity contribution in [2.75, 3.05) is 6.54 Å². The number of halogens is 1. The topological polar surface area (TPSA) is 29.9 Å². The fourth-order valence-corrected chi connectivity index (χ4v) is 2.83. The van der Waals surface area contributed by atoms with Gasteiger partial charge in [-0.25, -0.2) is 4.68 Å². The Balaban J connectivity index is 2.37. The number of benzene rings is 1. The smallest absolute Gasteiger partial charge is 0.0790 e. The first-order chi connectivity index (χ1) is 9.02. The van der Waals surface area contributed by atoms with Crippen LogP contribution in [0.1, 0.15) is 36.8 Å². The lowest BCUT2D eigenvalue weighted by Crippen LogP contribution is -2.17. The van der Waals surface area contributed by atoms with Crippen LogP contribution in [0.25, 0.3) is 5.69 Å². The van der Waals surface area contributed by atoms with Crippen LogP contribution in [-0.2, 0) is 0 Å². The number of nitrogens with zero attached hydrogens (tertiary/aromatic N) is 2. The number of hydrogen-bond acceptors (Lipinski definition) is 2. The summed E-state index contributed by atoms with van der Waals surface area (Å²) in [6, 6.07) is 8.88. The van der Waals surface area contributed by atoms with E-state index in [1.807, 2.05) is 11.6 Å². The summed E-state index contributed by atoms with van der Waals surface area (Å²) in [5.41, 5.74) is 4.54. The lowest BCUT2D eigenvalue weighted by molar-refractivity contribution is 0.597. The maximum absolute atomic E-state index is 4.52.